The first kappa shape index (κ1) is 23.0. The molecule has 2 rings (SSSR count). The molecule has 158 valence electrons. The summed E-state index contributed by atoms with van der Waals surface area (Å²) in [5.74, 6) is -0.0902. The summed E-state index contributed by atoms with van der Waals surface area (Å²) < 4.78 is 2.20. The molecule has 30 heavy (non-hydrogen) atoms. The van der Waals surface area contributed by atoms with Crippen molar-refractivity contribution in [1.29, 1.82) is 5.26 Å². The van der Waals surface area contributed by atoms with Gasteiger partial charge < -0.3 is 15.2 Å². The Bertz CT molecular complexity index is 1020. The molecule has 2 amide bonds. The van der Waals surface area contributed by atoms with Crippen molar-refractivity contribution in [2.24, 2.45) is 5.92 Å². The van der Waals surface area contributed by atoms with Gasteiger partial charge in [-0.25, -0.2) is 0 Å². The molecule has 0 atom stereocenters. The Balaban J connectivity index is 2.29. The molecule has 2 N–H and O–H groups in total. The number of aryl methyl sites for hydroxylation is 2. The van der Waals surface area contributed by atoms with E-state index in [-0.39, 0.29) is 11.5 Å². The molecule has 0 fully saturated rings. The van der Waals surface area contributed by atoms with Crippen LogP contribution in [0.15, 0.2) is 29.8 Å². The lowest BCUT2D eigenvalue weighted by molar-refractivity contribution is -0.116. The maximum absolute atomic E-state index is 12.8. The third-order valence-corrected chi connectivity index (χ3v) is 4.92. The van der Waals surface area contributed by atoms with E-state index in [1.165, 1.54) is 0 Å². The van der Waals surface area contributed by atoms with Crippen molar-refractivity contribution in [3.05, 3.63) is 52.4 Å². The minimum Gasteiger partial charge on any atom is -0.348 e. The number of aromatic nitrogens is 1. The van der Waals surface area contributed by atoms with E-state index < -0.39 is 5.91 Å². The van der Waals surface area contributed by atoms with Gasteiger partial charge in [-0.15, -0.1) is 0 Å². The Labute approximate surface area is 178 Å². The van der Waals surface area contributed by atoms with Crippen LogP contribution in [0.2, 0.25) is 0 Å². The molecule has 0 unspecified atom stereocenters. The van der Waals surface area contributed by atoms with Crippen molar-refractivity contribution in [3.8, 4) is 6.07 Å². The van der Waals surface area contributed by atoms with Crippen molar-refractivity contribution in [3.63, 3.8) is 0 Å². The van der Waals surface area contributed by atoms with E-state index in [0.717, 1.165) is 29.1 Å². The van der Waals surface area contributed by atoms with Gasteiger partial charge >= 0.3 is 0 Å². The van der Waals surface area contributed by atoms with E-state index in [9.17, 15) is 14.9 Å². The molecule has 0 saturated heterocycles. The van der Waals surface area contributed by atoms with Crippen molar-refractivity contribution < 1.29 is 9.59 Å². The van der Waals surface area contributed by atoms with Gasteiger partial charge in [-0.2, -0.15) is 5.26 Å². The Morgan fingerprint density at radius 3 is 2.47 bits per heavy atom. The Morgan fingerprint density at radius 2 is 1.87 bits per heavy atom. The lowest BCUT2D eigenvalue weighted by Crippen LogP contribution is -2.15. The summed E-state index contributed by atoms with van der Waals surface area (Å²) in [5.41, 5.74) is 5.01. The average molecular weight is 407 g/mol. The first-order chi connectivity index (χ1) is 14.2. The molecule has 1 aromatic carbocycles. The monoisotopic (exact) mass is 406 g/mol. The van der Waals surface area contributed by atoms with Crippen molar-refractivity contribution in [2.45, 2.75) is 54.5 Å². The molecule has 0 aliphatic heterocycles. The number of benzene rings is 1. The molecule has 2 aromatic rings. The zero-order valence-electron chi connectivity index (χ0n) is 18.6. The highest BCUT2D eigenvalue weighted by Gasteiger charge is 2.15. The predicted octanol–water partition coefficient (Wildman–Crippen LogP) is 4.96. The zero-order chi connectivity index (χ0) is 22.4. The van der Waals surface area contributed by atoms with Crippen LogP contribution >= 0.6 is 0 Å². The summed E-state index contributed by atoms with van der Waals surface area (Å²) in [6.45, 7) is 12.8. The van der Waals surface area contributed by atoms with Gasteiger partial charge in [0.2, 0.25) is 5.91 Å². The van der Waals surface area contributed by atoms with Gasteiger partial charge in [-0.05, 0) is 62.1 Å². The van der Waals surface area contributed by atoms with Crippen LogP contribution in [-0.2, 0) is 16.1 Å². The van der Waals surface area contributed by atoms with Crippen LogP contribution in [0.5, 0.6) is 0 Å². The summed E-state index contributed by atoms with van der Waals surface area (Å²) in [6, 6.07) is 9.30. The quantitative estimate of drug-likeness (QED) is 0.503. The fourth-order valence-corrected chi connectivity index (χ4v) is 3.20. The third-order valence-electron chi connectivity index (χ3n) is 4.92. The van der Waals surface area contributed by atoms with Crippen LogP contribution in [0.1, 0.15) is 49.7 Å². The molecule has 0 radical (unpaired) electrons. The normalized spacial score (nSPS) is 11.3. The van der Waals surface area contributed by atoms with E-state index in [2.05, 4.69) is 29.0 Å². The molecule has 0 bridgehead atoms. The van der Waals surface area contributed by atoms with Gasteiger partial charge in [-0.3, -0.25) is 9.59 Å². The second-order valence-corrected chi connectivity index (χ2v) is 7.89. The summed E-state index contributed by atoms with van der Waals surface area (Å²) in [4.78, 5) is 24.4. The van der Waals surface area contributed by atoms with Crippen LogP contribution in [0.25, 0.3) is 6.08 Å². The largest absolute Gasteiger partial charge is 0.348 e. The molecule has 0 aliphatic rings. The van der Waals surface area contributed by atoms with Gasteiger partial charge in [0.1, 0.15) is 11.6 Å². The standard InChI is InChI=1S/C24H30N4O2/c1-7-23(29)26-21-9-8-16(4)22(12-21)27-24(30)20(13-25)11-19-10-17(5)28(18(19)6)14-15(2)3/h8-12,15H,7,14H2,1-6H3,(H,26,29)(H,27,30)/b20-11+. The fraction of sp³-hybridized carbons (Fsp3) is 0.375. The van der Waals surface area contributed by atoms with Gasteiger partial charge in [0.25, 0.3) is 5.91 Å². The number of hydrogen-bond acceptors (Lipinski definition) is 3. The Kier molecular flexibility index (Phi) is 7.60. The predicted molar refractivity (Wildman–Crippen MR) is 121 cm³/mol. The van der Waals surface area contributed by atoms with E-state index >= 15 is 0 Å². The molecule has 0 spiro atoms. The highest BCUT2D eigenvalue weighted by Crippen LogP contribution is 2.23. The molecule has 0 saturated carbocycles. The molecular formula is C24H30N4O2. The number of nitrogens with zero attached hydrogens (tertiary/aromatic N) is 2. The zero-order valence-corrected chi connectivity index (χ0v) is 18.6. The first-order valence-corrected chi connectivity index (χ1v) is 10.2. The smallest absolute Gasteiger partial charge is 0.266 e. The number of amides is 2. The lowest BCUT2D eigenvalue weighted by atomic mass is 10.1. The molecule has 1 aromatic heterocycles. The van der Waals surface area contributed by atoms with Gasteiger partial charge in [-0.1, -0.05) is 26.8 Å². The Hall–Kier alpha value is -3.33. The van der Waals surface area contributed by atoms with Crippen LogP contribution in [0.4, 0.5) is 11.4 Å². The fourth-order valence-electron chi connectivity index (χ4n) is 3.20. The van der Waals surface area contributed by atoms with Crippen molar-refractivity contribution in [2.75, 3.05) is 10.6 Å². The Morgan fingerprint density at radius 1 is 1.17 bits per heavy atom. The van der Waals surface area contributed by atoms with Gasteiger partial charge in [0, 0.05) is 35.7 Å². The molecule has 0 aliphatic carbocycles. The van der Waals surface area contributed by atoms with Crippen LogP contribution in [0, 0.1) is 38.0 Å². The highest BCUT2D eigenvalue weighted by atomic mass is 16.2. The number of hydrogen-bond donors (Lipinski definition) is 2. The molecule has 6 nitrogen and oxygen atoms in total. The topological polar surface area (TPSA) is 86.9 Å². The number of nitriles is 1. The summed E-state index contributed by atoms with van der Waals surface area (Å²) in [5, 5.41) is 15.2. The number of carbonyl (C=O) groups is 2. The van der Waals surface area contributed by atoms with Gasteiger partial charge in [0.15, 0.2) is 0 Å². The van der Waals surface area contributed by atoms with Crippen LogP contribution in [-0.4, -0.2) is 16.4 Å². The third kappa shape index (κ3) is 5.60. The van der Waals surface area contributed by atoms with E-state index in [1.54, 1.807) is 25.1 Å². The number of rotatable bonds is 7. The van der Waals surface area contributed by atoms with Crippen LogP contribution < -0.4 is 10.6 Å². The average Bonchev–Trinajstić information content (AvgIpc) is 2.95. The second-order valence-electron chi connectivity index (χ2n) is 7.89. The van der Waals surface area contributed by atoms with E-state index in [4.69, 9.17) is 0 Å². The molecule has 1 heterocycles. The molecule has 6 heteroatoms. The number of carbonyl (C=O) groups excluding carboxylic acids is 2. The number of nitrogens with one attached hydrogen (secondary N) is 2. The summed E-state index contributed by atoms with van der Waals surface area (Å²) in [6.07, 6.45) is 2.00. The van der Waals surface area contributed by atoms with Crippen molar-refractivity contribution in [1.82, 2.24) is 4.57 Å². The van der Waals surface area contributed by atoms with Gasteiger partial charge in [0.05, 0.1) is 0 Å². The first-order valence-electron chi connectivity index (χ1n) is 10.2. The van der Waals surface area contributed by atoms with Crippen molar-refractivity contribution >= 4 is 29.3 Å². The summed E-state index contributed by atoms with van der Waals surface area (Å²) >= 11 is 0. The maximum atomic E-state index is 12.8. The minimum atomic E-state index is -0.478. The minimum absolute atomic E-state index is 0.0298. The molecular weight excluding hydrogens is 376 g/mol. The SMILES string of the molecule is CCC(=O)Nc1ccc(C)c(NC(=O)/C(C#N)=C/c2cc(C)n(CC(C)C)c2C)c1. The second kappa shape index (κ2) is 9.93. The lowest BCUT2D eigenvalue weighted by Gasteiger charge is -2.12. The van der Waals surface area contributed by atoms with E-state index in [1.807, 2.05) is 39.0 Å². The number of anilines is 2. The maximum Gasteiger partial charge on any atom is 0.266 e. The summed E-state index contributed by atoms with van der Waals surface area (Å²) in [7, 11) is 0. The van der Waals surface area contributed by atoms with E-state index in [0.29, 0.717) is 23.7 Å². The van der Waals surface area contributed by atoms with Crippen LogP contribution in [0.3, 0.4) is 0 Å². The highest BCUT2D eigenvalue weighted by molar-refractivity contribution is 6.10.